The second-order valence-corrected chi connectivity index (χ2v) is 10.4. The summed E-state index contributed by atoms with van der Waals surface area (Å²) in [5.74, 6) is 0.230. The molecule has 5 rings (SSSR count). The van der Waals surface area contributed by atoms with E-state index >= 15 is 0 Å². The van der Waals surface area contributed by atoms with Crippen molar-refractivity contribution in [2.24, 2.45) is 5.92 Å². The first-order chi connectivity index (χ1) is 18.5. The van der Waals surface area contributed by atoms with Crippen LogP contribution in [0.25, 0.3) is 10.8 Å². The molecule has 1 saturated heterocycles. The van der Waals surface area contributed by atoms with Crippen LogP contribution in [-0.4, -0.2) is 54.9 Å². The van der Waals surface area contributed by atoms with Crippen LogP contribution in [0.15, 0.2) is 66.7 Å². The molecule has 3 amide bonds. The summed E-state index contributed by atoms with van der Waals surface area (Å²) in [6.07, 6.45) is 5.22. The number of carbonyl (C=O) groups excluding carboxylic acids is 3. The Morgan fingerprint density at radius 1 is 0.789 bits per heavy atom. The van der Waals surface area contributed by atoms with E-state index in [0.29, 0.717) is 30.0 Å². The van der Waals surface area contributed by atoms with Crippen molar-refractivity contribution in [2.45, 2.75) is 50.6 Å². The Morgan fingerprint density at radius 3 is 2.21 bits per heavy atom. The Labute approximate surface area is 223 Å². The molecule has 0 aromatic heterocycles. The van der Waals surface area contributed by atoms with Crippen molar-refractivity contribution < 1.29 is 19.1 Å². The van der Waals surface area contributed by atoms with E-state index < -0.39 is 0 Å². The van der Waals surface area contributed by atoms with Gasteiger partial charge in [0.05, 0.1) is 13.0 Å². The molecule has 198 valence electrons. The molecule has 1 aliphatic heterocycles. The maximum absolute atomic E-state index is 13.3. The van der Waals surface area contributed by atoms with Crippen LogP contribution in [-0.2, 0) is 4.79 Å². The highest BCUT2D eigenvalue weighted by Crippen LogP contribution is 2.24. The number of methoxy groups -OCH3 is 1. The Morgan fingerprint density at radius 2 is 1.47 bits per heavy atom. The summed E-state index contributed by atoms with van der Waals surface area (Å²) >= 11 is 0. The number of nitrogens with one attached hydrogen (secondary N) is 2. The van der Waals surface area contributed by atoms with Gasteiger partial charge in [0.25, 0.3) is 11.8 Å². The molecule has 1 saturated carbocycles. The quantitative estimate of drug-likeness (QED) is 0.506. The first-order valence-corrected chi connectivity index (χ1v) is 13.5. The van der Waals surface area contributed by atoms with Crippen molar-refractivity contribution in [1.82, 2.24) is 15.5 Å². The van der Waals surface area contributed by atoms with Gasteiger partial charge < -0.3 is 20.3 Å². The first kappa shape index (κ1) is 25.8. The molecule has 3 atom stereocenters. The molecule has 1 heterocycles. The molecule has 0 spiro atoms. The minimum atomic E-state index is -0.256. The highest BCUT2D eigenvalue weighted by atomic mass is 16.5. The first-order valence-electron chi connectivity index (χ1n) is 13.5. The van der Waals surface area contributed by atoms with E-state index in [1.165, 1.54) is 0 Å². The predicted octanol–water partition coefficient (Wildman–Crippen LogP) is 4.56. The van der Waals surface area contributed by atoms with Crippen molar-refractivity contribution in [2.75, 3.05) is 20.2 Å². The summed E-state index contributed by atoms with van der Waals surface area (Å²) in [5.41, 5.74) is 1.22. The normalized spacial score (nSPS) is 21.5. The van der Waals surface area contributed by atoms with Gasteiger partial charge >= 0.3 is 0 Å². The van der Waals surface area contributed by atoms with E-state index in [2.05, 4.69) is 10.6 Å². The third-order valence-electron chi connectivity index (χ3n) is 7.84. The molecular weight excluding hydrogens is 478 g/mol. The topological polar surface area (TPSA) is 87.7 Å². The third-order valence-corrected chi connectivity index (χ3v) is 7.84. The Kier molecular flexibility index (Phi) is 7.91. The maximum Gasteiger partial charge on any atom is 0.253 e. The van der Waals surface area contributed by atoms with E-state index in [1.54, 1.807) is 31.4 Å². The molecule has 3 aromatic carbocycles. The fraction of sp³-hybridized carbons (Fsp3) is 0.387. The lowest BCUT2D eigenvalue weighted by Crippen LogP contribution is -2.55. The SMILES string of the molecule is COc1ccc(C(=O)N[C@@H]2CCCC[C@H]2NC(=O)[C@@H]2CCCN(C(=O)c3ccc4ccccc4c3)C2)cc1. The summed E-state index contributed by atoms with van der Waals surface area (Å²) in [7, 11) is 1.59. The van der Waals surface area contributed by atoms with E-state index in [4.69, 9.17) is 4.74 Å². The number of hydrogen-bond acceptors (Lipinski definition) is 4. The average molecular weight is 514 g/mol. The van der Waals surface area contributed by atoms with E-state index in [-0.39, 0.29) is 35.7 Å². The molecular formula is C31H35N3O4. The second-order valence-electron chi connectivity index (χ2n) is 10.4. The van der Waals surface area contributed by atoms with Crippen molar-refractivity contribution in [3.05, 3.63) is 77.9 Å². The number of nitrogens with zero attached hydrogens (tertiary/aromatic N) is 1. The van der Waals surface area contributed by atoms with Gasteiger partial charge in [-0.3, -0.25) is 14.4 Å². The lowest BCUT2D eigenvalue weighted by Gasteiger charge is -2.36. The van der Waals surface area contributed by atoms with Crippen LogP contribution in [0.1, 0.15) is 59.2 Å². The van der Waals surface area contributed by atoms with Crippen LogP contribution in [0.5, 0.6) is 5.75 Å². The van der Waals surface area contributed by atoms with E-state index in [9.17, 15) is 14.4 Å². The number of rotatable bonds is 6. The Balaban J connectivity index is 1.20. The minimum Gasteiger partial charge on any atom is -0.497 e. The lowest BCUT2D eigenvalue weighted by atomic mass is 9.88. The monoisotopic (exact) mass is 513 g/mol. The van der Waals surface area contributed by atoms with Gasteiger partial charge in [-0.25, -0.2) is 0 Å². The summed E-state index contributed by atoms with van der Waals surface area (Å²) in [5, 5.41) is 8.49. The van der Waals surface area contributed by atoms with Gasteiger partial charge in [-0.05, 0) is 72.9 Å². The van der Waals surface area contributed by atoms with Crippen LogP contribution >= 0.6 is 0 Å². The standard InChI is InChI=1S/C31H35N3O4/c1-38-26-16-14-22(15-17-26)29(35)32-27-10-4-5-11-28(27)33-30(36)25-9-6-18-34(20-25)31(37)24-13-12-21-7-2-3-8-23(21)19-24/h2-3,7-8,12-17,19,25,27-28H,4-6,9-11,18,20H2,1H3,(H,32,35)(H,33,36)/t25-,27-,28-/m1/s1. The number of ether oxygens (including phenoxy) is 1. The van der Waals surface area contributed by atoms with E-state index in [0.717, 1.165) is 49.3 Å². The van der Waals surface area contributed by atoms with Crippen molar-refractivity contribution in [3.63, 3.8) is 0 Å². The van der Waals surface area contributed by atoms with Crippen LogP contribution in [0.4, 0.5) is 0 Å². The van der Waals surface area contributed by atoms with E-state index in [1.807, 2.05) is 47.4 Å². The molecule has 2 aliphatic rings. The summed E-state index contributed by atoms with van der Waals surface area (Å²) in [6, 6.07) is 20.5. The minimum absolute atomic E-state index is 0.0309. The molecule has 7 heteroatoms. The maximum atomic E-state index is 13.3. The summed E-state index contributed by atoms with van der Waals surface area (Å²) in [4.78, 5) is 41.3. The zero-order valence-electron chi connectivity index (χ0n) is 21.8. The molecule has 7 nitrogen and oxygen atoms in total. The van der Waals surface area contributed by atoms with Crippen LogP contribution in [0, 0.1) is 5.92 Å². The molecule has 0 bridgehead atoms. The number of carbonyl (C=O) groups is 3. The summed E-state index contributed by atoms with van der Waals surface area (Å²) in [6.45, 7) is 1.06. The van der Waals surface area contributed by atoms with Crippen molar-refractivity contribution in [3.8, 4) is 5.75 Å². The molecule has 2 N–H and O–H groups in total. The molecule has 0 radical (unpaired) electrons. The molecule has 1 aliphatic carbocycles. The van der Waals surface area contributed by atoms with Crippen molar-refractivity contribution in [1.29, 1.82) is 0 Å². The van der Waals surface area contributed by atoms with Crippen LogP contribution < -0.4 is 15.4 Å². The number of fused-ring (bicyclic) bond motifs is 1. The number of benzene rings is 3. The number of hydrogen-bond donors (Lipinski definition) is 2. The zero-order valence-corrected chi connectivity index (χ0v) is 21.8. The van der Waals surface area contributed by atoms with Gasteiger partial charge in [0.1, 0.15) is 5.75 Å². The predicted molar refractivity (Wildman–Crippen MR) is 147 cm³/mol. The van der Waals surface area contributed by atoms with Crippen molar-refractivity contribution >= 4 is 28.5 Å². The Hall–Kier alpha value is -3.87. The van der Waals surface area contributed by atoms with Gasteiger partial charge in [0.15, 0.2) is 0 Å². The molecule has 3 aromatic rings. The largest absolute Gasteiger partial charge is 0.497 e. The number of piperidine rings is 1. The van der Waals surface area contributed by atoms with Gasteiger partial charge in [-0.2, -0.15) is 0 Å². The van der Waals surface area contributed by atoms with Gasteiger partial charge in [-0.15, -0.1) is 0 Å². The number of amides is 3. The Bertz CT molecular complexity index is 1310. The fourth-order valence-corrected chi connectivity index (χ4v) is 5.65. The number of likely N-dealkylation sites (tertiary alicyclic amines) is 1. The van der Waals surface area contributed by atoms with Gasteiger partial charge in [0, 0.05) is 36.3 Å². The van der Waals surface area contributed by atoms with Gasteiger partial charge in [-0.1, -0.05) is 43.2 Å². The highest BCUT2D eigenvalue weighted by Gasteiger charge is 2.33. The third kappa shape index (κ3) is 5.82. The fourth-order valence-electron chi connectivity index (χ4n) is 5.65. The summed E-state index contributed by atoms with van der Waals surface area (Å²) < 4.78 is 5.18. The highest BCUT2D eigenvalue weighted by molar-refractivity contribution is 5.99. The molecule has 38 heavy (non-hydrogen) atoms. The average Bonchev–Trinajstić information content (AvgIpc) is 2.97. The second kappa shape index (κ2) is 11.7. The van der Waals surface area contributed by atoms with Gasteiger partial charge in [0.2, 0.25) is 5.91 Å². The molecule has 0 unspecified atom stereocenters. The van der Waals surface area contributed by atoms with Crippen LogP contribution in [0.2, 0.25) is 0 Å². The lowest BCUT2D eigenvalue weighted by molar-refractivity contribution is -0.127. The zero-order chi connectivity index (χ0) is 26.5. The molecule has 2 fully saturated rings. The van der Waals surface area contributed by atoms with Crippen LogP contribution in [0.3, 0.4) is 0 Å². The smallest absolute Gasteiger partial charge is 0.253 e.